The first kappa shape index (κ1) is 19.9. The highest BCUT2D eigenvalue weighted by molar-refractivity contribution is 5.76. The lowest BCUT2D eigenvalue weighted by atomic mass is 9.87. The van der Waals surface area contributed by atoms with E-state index in [1.807, 2.05) is 24.7 Å². The molecule has 0 radical (unpaired) electrons. The lowest BCUT2D eigenvalue weighted by Crippen LogP contribution is -2.43. The number of carbonyl (C=O) groups excluding carboxylic acids is 1. The molecule has 25 heavy (non-hydrogen) atoms. The number of nitrogens with zero attached hydrogens (tertiary/aromatic N) is 3. The molecule has 142 valence electrons. The molecule has 2 heterocycles. The van der Waals surface area contributed by atoms with E-state index < -0.39 is 0 Å². The molecule has 0 aliphatic carbocycles. The Morgan fingerprint density at radius 1 is 1.40 bits per heavy atom. The summed E-state index contributed by atoms with van der Waals surface area (Å²) < 4.78 is 1.82. The van der Waals surface area contributed by atoms with Gasteiger partial charge < -0.3 is 15.3 Å². The van der Waals surface area contributed by atoms with E-state index in [2.05, 4.69) is 36.1 Å². The highest BCUT2D eigenvalue weighted by Crippen LogP contribution is 2.24. The van der Waals surface area contributed by atoms with Crippen LogP contribution in [0, 0.1) is 18.3 Å². The number of aromatic nitrogens is 2. The minimum absolute atomic E-state index is 0.0828. The monoisotopic (exact) mass is 350 g/mol. The standard InChI is InChI=1S/C19H34N4O2/c1-14-10-16(21-22(14)5)12-20-18(25)11-15-6-8-23(9-7-15)13-17(24)19(2,3)4/h10,15,17,24H,6-9,11-13H2,1-5H3,(H,20,25). The highest BCUT2D eigenvalue weighted by Gasteiger charge is 2.27. The maximum Gasteiger partial charge on any atom is 0.220 e. The van der Waals surface area contributed by atoms with Gasteiger partial charge in [0.2, 0.25) is 5.91 Å². The van der Waals surface area contributed by atoms with Gasteiger partial charge in [0.15, 0.2) is 0 Å². The van der Waals surface area contributed by atoms with Crippen molar-refractivity contribution >= 4 is 5.91 Å². The van der Waals surface area contributed by atoms with Gasteiger partial charge in [-0.25, -0.2) is 0 Å². The zero-order valence-corrected chi connectivity index (χ0v) is 16.4. The number of aliphatic hydroxyl groups excluding tert-OH is 1. The van der Waals surface area contributed by atoms with Crippen LogP contribution in [0.2, 0.25) is 0 Å². The molecule has 1 saturated heterocycles. The van der Waals surface area contributed by atoms with Crippen LogP contribution in [0.25, 0.3) is 0 Å². The SMILES string of the molecule is Cc1cc(CNC(=O)CC2CCN(CC(O)C(C)(C)C)CC2)nn1C. The number of aryl methyl sites for hydroxylation is 2. The van der Waals surface area contributed by atoms with Crippen LogP contribution in [0.4, 0.5) is 0 Å². The first-order chi connectivity index (χ1) is 11.6. The molecule has 0 bridgehead atoms. The number of hydrogen-bond donors (Lipinski definition) is 2. The van der Waals surface area contributed by atoms with Gasteiger partial charge in [-0.2, -0.15) is 5.10 Å². The van der Waals surface area contributed by atoms with Crippen molar-refractivity contribution < 1.29 is 9.90 Å². The first-order valence-corrected chi connectivity index (χ1v) is 9.32. The molecule has 6 heteroatoms. The number of hydrogen-bond acceptors (Lipinski definition) is 4. The Hall–Kier alpha value is -1.40. The summed E-state index contributed by atoms with van der Waals surface area (Å²) in [5.74, 6) is 0.546. The maximum atomic E-state index is 12.2. The van der Waals surface area contributed by atoms with E-state index in [0.29, 0.717) is 18.9 Å². The van der Waals surface area contributed by atoms with Gasteiger partial charge in [0, 0.05) is 25.7 Å². The van der Waals surface area contributed by atoms with E-state index in [1.165, 1.54) is 0 Å². The molecule has 2 N–H and O–H groups in total. The van der Waals surface area contributed by atoms with Crippen LogP contribution in [-0.4, -0.2) is 51.4 Å². The zero-order valence-electron chi connectivity index (χ0n) is 16.4. The van der Waals surface area contributed by atoms with E-state index in [9.17, 15) is 9.90 Å². The zero-order chi connectivity index (χ0) is 18.6. The fourth-order valence-corrected chi connectivity index (χ4v) is 3.14. The molecule has 1 amide bonds. The third-order valence-electron chi connectivity index (χ3n) is 5.24. The molecule has 0 spiro atoms. The van der Waals surface area contributed by atoms with Crippen LogP contribution in [-0.2, 0) is 18.4 Å². The van der Waals surface area contributed by atoms with Crippen molar-refractivity contribution in [2.75, 3.05) is 19.6 Å². The summed E-state index contributed by atoms with van der Waals surface area (Å²) in [6.45, 7) is 11.4. The number of rotatable bonds is 6. The molecule has 6 nitrogen and oxygen atoms in total. The van der Waals surface area contributed by atoms with Crippen LogP contribution in [0.3, 0.4) is 0 Å². The number of amides is 1. The molecule has 0 aromatic carbocycles. The second-order valence-electron chi connectivity index (χ2n) is 8.51. The van der Waals surface area contributed by atoms with Gasteiger partial charge in [-0.1, -0.05) is 20.8 Å². The second-order valence-corrected chi connectivity index (χ2v) is 8.51. The quantitative estimate of drug-likeness (QED) is 0.821. The van der Waals surface area contributed by atoms with Crippen molar-refractivity contribution in [3.05, 3.63) is 17.5 Å². The van der Waals surface area contributed by atoms with Gasteiger partial charge in [-0.05, 0) is 50.3 Å². The van der Waals surface area contributed by atoms with Crippen molar-refractivity contribution in [1.82, 2.24) is 20.0 Å². The summed E-state index contributed by atoms with van der Waals surface area (Å²) in [7, 11) is 1.91. The molecular weight excluding hydrogens is 316 g/mol. The number of piperidine rings is 1. The van der Waals surface area contributed by atoms with Crippen LogP contribution in [0.5, 0.6) is 0 Å². The average Bonchev–Trinajstić information content (AvgIpc) is 2.85. The molecule has 0 saturated carbocycles. The van der Waals surface area contributed by atoms with Crippen molar-refractivity contribution in [2.24, 2.45) is 18.4 Å². The summed E-state index contributed by atoms with van der Waals surface area (Å²) in [6.07, 6.45) is 2.32. The number of likely N-dealkylation sites (tertiary alicyclic amines) is 1. The van der Waals surface area contributed by atoms with Crippen LogP contribution >= 0.6 is 0 Å². The lowest BCUT2D eigenvalue weighted by molar-refractivity contribution is -0.122. The molecule has 1 aromatic rings. The Balaban J connectivity index is 1.68. The van der Waals surface area contributed by atoms with Crippen molar-refractivity contribution in [1.29, 1.82) is 0 Å². The fourth-order valence-electron chi connectivity index (χ4n) is 3.14. The Morgan fingerprint density at radius 3 is 2.56 bits per heavy atom. The number of aliphatic hydroxyl groups is 1. The maximum absolute atomic E-state index is 12.2. The summed E-state index contributed by atoms with van der Waals surface area (Å²) in [6, 6.07) is 2.00. The predicted octanol–water partition coefficient (Wildman–Crippen LogP) is 1.85. The van der Waals surface area contributed by atoms with Gasteiger partial charge in [0.25, 0.3) is 0 Å². The summed E-state index contributed by atoms with van der Waals surface area (Å²) >= 11 is 0. The van der Waals surface area contributed by atoms with Crippen LogP contribution in [0.1, 0.15) is 51.4 Å². The topological polar surface area (TPSA) is 70.4 Å². The largest absolute Gasteiger partial charge is 0.391 e. The average molecular weight is 351 g/mol. The first-order valence-electron chi connectivity index (χ1n) is 9.32. The summed E-state index contributed by atoms with van der Waals surface area (Å²) in [4.78, 5) is 14.5. The third kappa shape index (κ3) is 6.12. The summed E-state index contributed by atoms with van der Waals surface area (Å²) in [5, 5.41) is 17.6. The fraction of sp³-hybridized carbons (Fsp3) is 0.789. The van der Waals surface area contributed by atoms with Gasteiger partial charge in [0.1, 0.15) is 0 Å². The highest BCUT2D eigenvalue weighted by atomic mass is 16.3. The molecule has 1 aliphatic heterocycles. The van der Waals surface area contributed by atoms with Crippen molar-refractivity contribution in [2.45, 2.75) is 59.6 Å². The van der Waals surface area contributed by atoms with Crippen molar-refractivity contribution in [3.8, 4) is 0 Å². The van der Waals surface area contributed by atoms with Crippen LogP contribution < -0.4 is 5.32 Å². The Bertz CT molecular complexity index is 549. The van der Waals surface area contributed by atoms with E-state index >= 15 is 0 Å². The number of carbonyl (C=O) groups is 1. The number of β-amino-alcohol motifs (C(OH)–C–C–N with tert-alkyl or cyclic N) is 1. The smallest absolute Gasteiger partial charge is 0.220 e. The summed E-state index contributed by atoms with van der Waals surface area (Å²) in [5.41, 5.74) is 1.91. The van der Waals surface area contributed by atoms with Crippen molar-refractivity contribution in [3.63, 3.8) is 0 Å². The van der Waals surface area contributed by atoms with Gasteiger partial charge in [-0.15, -0.1) is 0 Å². The van der Waals surface area contributed by atoms with Crippen LogP contribution in [0.15, 0.2) is 6.07 Å². The van der Waals surface area contributed by atoms with Gasteiger partial charge in [-0.3, -0.25) is 9.48 Å². The lowest BCUT2D eigenvalue weighted by Gasteiger charge is -2.36. The Kier molecular flexibility index (Phi) is 6.63. The van der Waals surface area contributed by atoms with E-state index in [4.69, 9.17) is 0 Å². The Morgan fingerprint density at radius 2 is 2.04 bits per heavy atom. The second kappa shape index (κ2) is 8.32. The number of nitrogens with one attached hydrogen (secondary N) is 1. The molecule has 1 atom stereocenters. The van der Waals surface area contributed by atoms with Gasteiger partial charge in [0.05, 0.1) is 18.3 Å². The molecule has 1 fully saturated rings. The third-order valence-corrected chi connectivity index (χ3v) is 5.24. The molecule has 2 rings (SSSR count). The normalized spacial score (nSPS) is 18.3. The molecular formula is C19H34N4O2. The van der Waals surface area contributed by atoms with E-state index in [-0.39, 0.29) is 17.4 Å². The Labute approximate surface area is 151 Å². The molecule has 1 aromatic heterocycles. The molecule has 1 aliphatic rings. The van der Waals surface area contributed by atoms with E-state index in [0.717, 1.165) is 43.9 Å². The minimum Gasteiger partial charge on any atom is -0.391 e. The van der Waals surface area contributed by atoms with E-state index in [1.54, 1.807) is 0 Å². The van der Waals surface area contributed by atoms with Gasteiger partial charge >= 0.3 is 0 Å². The predicted molar refractivity (Wildman–Crippen MR) is 99.0 cm³/mol. The minimum atomic E-state index is -0.311. The molecule has 1 unspecified atom stereocenters.